The van der Waals surface area contributed by atoms with Crippen LogP contribution in [0, 0.1) is 5.82 Å². The van der Waals surface area contributed by atoms with E-state index >= 15 is 0 Å². The maximum Gasteiger partial charge on any atom is 0.163 e. The fourth-order valence-corrected chi connectivity index (χ4v) is 5.13. The smallest absolute Gasteiger partial charge is 0.163 e. The average molecular weight is 451 g/mol. The Bertz CT molecular complexity index is 851. The molecule has 0 unspecified atom stereocenters. The van der Waals surface area contributed by atoms with Gasteiger partial charge >= 0.3 is 0 Å². The number of hydrogen-bond acceptors (Lipinski definition) is 3. The van der Waals surface area contributed by atoms with Gasteiger partial charge in [-0.1, -0.05) is 18.5 Å². The van der Waals surface area contributed by atoms with E-state index in [0.717, 1.165) is 18.7 Å². The second-order valence-electron chi connectivity index (χ2n) is 4.39. The Hall–Kier alpha value is -0.560. The highest BCUT2D eigenvalue weighted by atomic mass is 79.9. The van der Waals surface area contributed by atoms with Crippen molar-refractivity contribution in [1.29, 1.82) is 0 Å². The van der Waals surface area contributed by atoms with Gasteiger partial charge in [-0.15, -0.1) is 11.3 Å². The Balaban J connectivity index is 2.32. The van der Waals surface area contributed by atoms with Crippen molar-refractivity contribution in [3.8, 4) is 11.4 Å². The number of rotatable bonds is 2. The van der Waals surface area contributed by atoms with Crippen molar-refractivity contribution < 1.29 is 4.39 Å². The SMILES string of the molecule is CCc1cc(F)cc2c(Cl)nc(-c3cc(Br)sc3Br)nc12. The third kappa shape index (κ3) is 2.86. The van der Waals surface area contributed by atoms with Gasteiger partial charge < -0.3 is 0 Å². The maximum absolute atomic E-state index is 13.6. The second kappa shape index (κ2) is 5.91. The van der Waals surface area contributed by atoms with Gasteiger partial charge in [0.1, 0.15) is 11.0 Å². The van der Waals surface area contributed by atoms with Crippen LogP contribution in [0.5, 0.6) is 0 Å². The first-order valence-electron chi connectivity index (χ1n) is 6.10. The minimum Gasteiger partial charge on any atom is -0.228 e. The highest BCUT2D eigenvalue weighted by molar-refractivity contribution is 9.12. The Morgan fingerprint density at radius 1 is 1.24 bits per heavy atom. The molecule has 0 saturated heterocycles. The molecule has 0 N–H and O–H groups in total. The van der Waals surface area contributed by atoms with Crippen molar-refractivity contribution in [2.24, 2.45) is 0 Å². The predicted octanol–water partition coefficient (Wildman–Crippen LogP) is 6.24. The van der Waals surface area contributed by atoms with Gasteiger partial charge in [0, 0.05) is 10.9 Å². The van der Waals surface area contributed by atoms with E-state index in [1.165, 1.54) is 23.5 Å². The van der Waals surface area contributed by atoms with Gasteiger partial charge in [0.25, 0.3) is 0 Å². The van der Waals surface area contributed by atoms with Crippen LogP contribution < -0.4 is 0 Å². The van der Waals surface area contributed by atoms with Gasteiger partial charge in [-0.05, 0) is 62.0 Å². The zero-order chi connectivity index (χ0) is 15.1. The van der Waals surface area contributed by atoms with Crippen LogP contribution in [0.2, 0.25) is 5.15 Å². The summed E-state index contributed by atoms with van der Waals surface area (Å²) in [6.45, 7) is 1.96. The van der Waals surface area contributed by atoms with E-state index < -0.39 is 0 Å². The van der Waals surface area contributed by atoms with Crippen molar-refractivity contribution in [1.82, 2.24) is 9.97 Å². The minimum absolute atomic E-state index is 0.262. The molecule has 0 radical (unpaired) electrons. The number of aromatic nitrogens is 2. The molecule has 0 atom stereocenters. The fourth-order valence-electron chi connectivity index (χ4n) is 2.11. The zero-order valence-corrected chi connectivity index (χ0v) is 15.5. The quantitative estimate of drug-likeness (QED) is 0.432. The predicted molar refractivity (Wildman–Crippen MR) is 92.6 cm³/mol. The van der Waals surface area contributed by atoms with Crippen molar-refractivity contribution in [3.63, 3.8) is 0 Å². The molecule has 3 aromatic rings. The summed E-state index contributed by atoms with van der Waals surface area (Å²) >= 11 is 14.7. The van der Waals surface area contributed by atoms with E-state index in [1.807, 2.05) is 13.0 Å². The lowest BCUT2D eigenvalue weighted by molar-refractivity contribution is 0.627. The van der Waals surface area contributed by atoms with Crippen molar-refractivity contribution in [2.45, 2.75) is 13.3 Å². The topological polar surface area (TPSA) is 25.8 Å². The van der Waals surface area contributed by atoms with E-state index in [4.69, 9.17) is 11.6 Å². The van der Waals surface area contributed by atoms with E-state index in [-0.39, 0.29) is 11.0 Å². The van der Waals surface area contributed by atoms with E-state index in [2.05, 4.69) is 41.8 Å². The number of thiophene rings is 1. The Morgan fingerprint density at radius 3 is 2.62 bits per heavy atom. The molecule has 0 aliphatic carbocycles. The number of hydrogen-bond donors (Lipinski definition) is 0. The monoisotopic (exact) mass is 448 g/mol. The van der Waals surface area contributed by atoms with Crippen LogP contribution in [0.25, 0.3) is 22.3 Å². The molecule has 108 valence electrons. The largest absolute Gasteiger partial charge is 0.228 e. The van der Waals surface area contributed by atoms with Gasteiger partial charge in [-0.25, -0.2) is 14.4 Å². The number of halogens is 4. The molecule has 2 heterocycles. The highest BCUT2D eigenvalue weighted by Crippen LogP contribution is 2.38. The van der Waals surface area contributed by atoms with Crippen LogP contribution in [-0.2, 0) is 6.42 Å². The molecule has 0 bridgehead atoms. The van der Waals surface area contributed by atoms with E-state index in [9.17, 15) is 4.39 Å². The standard InChI is InChI=1S/C14H8Br2ClFN2S/c1-2-6-3-7(18)4-8-11(6)19-14(20-13(8)17)9-5-10(15)21-12(9)16/h3-5H,2H2,1H3. The van der Waals surface area contributed by atoms with Crippen LogP contribution in [0.4, 0.5) is 4.39 Å². The first kappa shape index (κ1) is 15.3. The molecule has 1 aromatic carbocycles. The van der Waals surface area contributed by atoms with Gasteiger partial charge in [0.05, 0.1) is 13.1 Å². The first-order valence-corrected chi connectivity index (χ1v) is 8.88. The summed E-state index contributed by atoms with van der Waals surface area (Å²) in [7, 11) is 0. The summed E-state index contributed by atoms with van der Waals surface area (Å²) in [6.07, 6.45) is 0.676. The molecule has 21 heavy (non-hydrogen) atoms. The lowest BCUT2D eigenvalue weighted by Crippen LogP contribution is -1.96. The summed E-state index contributed by atoms with van der Waals surface area (Å²) in [4.78, 5) is 8.89. The van der Waals surface area contributed by atoms with Crippen LogP contribution in [0.1, 0.15) is 12.5 Å². The van der Waals surface area contributed by atoms with E-state index in [1.54, 1.807) is 0 Å². The zero-order valence-electron chi connectivity index (χ0n) is 10.8. The van der Waals surface area contributed by atoms with Gasteiger partial charge in [0.15, 0.2) is 5.82 Å². The van der Waals surface area contributed by atoms with Gasteiger partial charge in [-0.2, -0.15) is 0 Å². The fraction of sp³-hybridized carbons (Fsp3) is 0.143. The molecule has 0 aliphatic heterocycles. The highest BCUT2D eigenvalue weighted by Gasteiger charge is 2.15. The lowest BCUT2D eigenvalue weighted by atomic mass is 10.1. The summed E-state index contributed by atoms with van der Waals surface area (Å²) in [5, 5.41) is 0.807. The summed E-state index contributed by atoms with van der Waals surface area (Å²) in [6, 6.07) is 4.80. The number of nitrogens with zero attached hydrogens (tertiary/aromatic N) is 2. The summed E-state index contributed by atoms with van der Waals surface area (Å²) in [5.74, 6) is 0.208. The molecule has 2 aromatic heterocycles. The molecule has 2 nitrogen and oxygen atoms in total. The molecule has 0 aliphatic rings. The van der Waals surface area contributed by atoms with Crippen LogP contribution >= 0.6 is 54.8 Å². The van der Waals surface area contributed by atoms with Crippen LogP contribution in [0.3, 0.4) is 0 Å². The lowest BCUT2D eigenvalue weighted by Gasteiger charge is -2.08. The van der Waals surface area contributed by atoms with Crippen molar-refractivity contribution in [2.75, 3.05) is 0 Å². The van der Waals surface area contributed by atoms with E-state index in [0.29, 0.717) is 23.1 Å². The average Bonchev–Trinajstić information content (AvgIpc) is 2.77. The molecule has 0 spiro atoms. The Labute approximate surface area is 146 Å². The molecule has 0 saturated carbocycles. The molecular formula is C14H8Br2ClFN2S. The number of fused-ring (bicyclic) bond motifs is 1. The second-order valence-corrected chi connectivity index (χ2v) is 8.50. The normalized spacial score (nSPS) is 11.3. The number of aryl methyl sites for hydroxylation is 1. The molecular weight excluding hydrogens is 442 g/mol. The summed E-state index contributed by atoms with van der Waals surface area (Å²) in [5.41, 5.74) is 2.38. The maximum atomic E-state index is 13.6. The van der Waals surface area contributed by atoms with Crippen LogP contribution in [0.15, 0.2) is 25.8 Å². The Morgan fingerprint density at radius 2 is 2.00 bits per heavy atom. The third-order valence-corrected chi connectivity index (χ3v) is 5.70. The Kier molecular flexibility index (Phi) is 4.32. The number of benzene rings is 1. The summed E-state index contributed by atoms with van der Waals surface area (Å²) < 4.78 is 15.5. The molecule has 0 fully saturated rings. The minimum atomic E-state index is -0.322. The third-order valence-electron chi connectivity index (χ3n) is 3.08. The van der Waals surface area contributed by atoms with Gasteiger partial charge in [0.2, 0.25) is 0 Å². The molecule has 7 heteroatoms. The van der Waals surface area contributed by atoms with Gasteiger partial charge in [-0.3, -0.25) is 0 Å². The first-order chi connectivity index (χ1) is 9.99. The van der Waals surface area contributed by atoms with Crippen molar-refractivity contribution in [3.05, 3.63) is 42.3 Å². The van der Waals surface area contributed by atoms with Crippen LogP contribution in [-0.4, -0.2) is 9.97 Å². The molecule has 0 amide bonds. The molecule has 3 rings (SSSR count). The van der Waals surface area contributed by atoms with Crippen molar-refractivity contribution >= 4 is 65.7 Å².